The van der Waals surface area contributed by atoms with Crippen molar-refractivity contribution in [3.05, 3.63) is 9.81 Å². The van der Waals surface area contributed by atoms with Gasteiger partial charge in [-0.05, 0) is 43.6 Å². The van der Waals surface area contributed by atoms with Crippen molar-refractivity contribution in [2.75, 3.05) is 12.5 Å². The molecule has 0 aromatic rings. The molecule has 0 aromatic carbocycles. The molecular formula is C13H20OS2. The number of ketones is 1. The number of fused-ring (bicyclic) bond motifs is 1. The number of hydrogen-bond donors (Lipinski definition) is 0. The summed E-state index contributed by atoms with van der Waals surface area (Å²) in [6, 6.07) is 0. The fourth-order valence-corrected chi connectivity index (χ4v) is 4.64. The van der Waals surface area contributed by atoms with Crippen molar-refractivity contribution in [1.82, 2.24) is 0 Å². The van der Waals surface area contributed by atoms with Crippen molar-refractivity contribution in [3.8, 4) is 0 Å². The van der Waals surface area contributed by atoms with E-state index in [1.54, 1.807) is 23.5 Å². The predicted molar refractivity (Wildman–Crippen MR) is 73.7 cm³/mol. The van der Waals surface area contributed by atoms with E-state index in [0.29, 0.717) is 11.7 Å². The Hall–Kier alpha value is 0.110. The zero-order valence-electron chi connectivity index (χ0n) is 10.1. The van der Waals surface area contributed by atoms with Gasteiger partial charge in [0.05, 0.1) is 0 Å². The first kappa shape index (κ1) is 12.6. The Morgan fingerprint density at radius 1 is 1.06 bits per heavy atom. The minimum atomic E-state index is 0.432. The van der Waals surface area contributed by atoms with Gasteiger partial charge in [0.2, 0.25) is 0 Å². The number of rotatable bonds is 2. The molecule has 2 rings (SSSR count). The minimum absolute atomic E-state index is 0.432. The average Bonchev–Trinajstić information content (AvgIpc) is 2.31. The van der Waals surface area contributed by atoms with Crippen LogP contribution in [-0.2, 0) is 4.79 Å². The first-order chi connectivity index (χ1) is 7.76. The molecule has 16 heavy (non-hydrogen) atoms. The highest BCUT2D eigenvalue weighted by atomic mass is 32.2. The molecular weight excluding hydrogens is 236 g/mol. The van der Waals surface area contributed by atoms with Gasteiger partial charge in [-0.1, -0.05) is 12.8 Å². The summed E-state index contributed by atoms with van der Waals surface area (Å²) in [7, 11) is 0. The summed E-state index contributed by atoms with van der Waals surface area (Å²) in [4.78, 5) is 12.1. The van der Waals surface area contributed by atoms with Gasteiger partial charge in [0.15, 0.2) is 5.78 Å². The van der Waals surface area contributed by atoms with Crippen molar-refractivity contribution < 1.29 is 4.79 Å². The van der Waals surface area contributed by atoms with Crippen LogP contribution in [0.4, 0.5) is 0 Å². The van der Waals surface area contributed by atoms with E-state index in [-0.39, 0.29) is 0 Å². The van der Waals surface area contributed by atoms with E-state index in [4.69, 9.17) is 0 Å². The van der Waals surface area contributed by atoms with Gasteiger partial charge in [0, 0.05) is 16.2 Å². The third kappa shape index (κ3) is 2.51. The fourth-order valence-electron chi connectivity index (χ4n) is 3.09. The van der Waals surface area contributed by atoms with Crippen LogP contribution in [0.2, 0.25) is 0 Å². The van der Waals surface area contributed by atoms with Crippen molar-refractivity contribution >= 4 is 29.3 Å². The highest BCUT2D eigenvalue weighted by Gasteiger charge is 2.35. The van der Waals surface area contributed by atoms with Gasteiger partial charge in [-0.15, -0.1) is 23.5 Å². The van der Waals surface area contributed by atoms with Crippen LogP contribution in [0.3, 0.4) is 0 Å². The van der Waals surface area contributed by atoms with Crippen molar-refractivity contribution in [2.45, 2.75) is 38.5 Å². The topological polar surface area (TPSA) is 17.1 Å². The third-order valence-corrected chi connectivity index (χ3v) is 6.17. The molecule has 0 heterocycles. The van der Waals surface area contributed by atoms with E-state index in [1.165, 1.54) is 29.9 Å². The fraction of sp³-hybridized carbons (Fsp3) is 0.769. The lowest BCUT2D eigenvalue weighted by atomic mass is 9.69. The van der Waals surface area contributed by atoms with Crippen LogP contribution in [-0.4, -0.2) is 18.3 Å². The molecule has 0 radical (unpaired) electrons. The molecule has 0 aliphatic heterocycles. The minimum Gasteiger partial charge on any atom is -0.294 e. The number of thioether (sulfide) groups is 2. The highest BCUT2D eigenvalue weighted by Crippen LogP contribution is 2.44. The lowest BCUT2D eigenvalue weighted by Crippen LogP contribution is -2.29. The van der Waals surface area contributed by atoms with Gasteiger partial charge in [-0.2, -0.15) is 0 Å². The van der Waals surface area contributed by atoms with E-state index in [9.17, 15) is 4.79 Å². The molecule has 2 aliphatic rings. The largest absolute Gasteiger partial charge is 0.294 e. The Morgan fingerprint density at radius 2 is 1.62 bits per heavy atom. The van der Waals surface area contributed by atoms with Crippen LogP contribution >= 0.6 is 23.5 Å². The molecule has 2 atom stereocenters. The first-order valence-corrected chi connectivity index (χ1v) is 8.55. The summed E-state index contributed by atoms with van der Waals surface area (Å²) in [5.41, 5.74) is 1.14. The van der Waals surface area contributed by atoms with E-state index >= 15 is 0 Å². The van der Waals surface area contributed by atoms with Gasteiger partial charge >= 0.3 is 0 Å². The third-order valence-electron chi connectivity index (χ3n) is 3.93. The standard InChI is InChI=1S/C13H20OS2/c1-15-13(16-2)11-7-9-5-3-4-6-10(9)8-12(11)14/h9-10H,3-8H2,1-2H3. The molecule has 0 aromatic heterocycles. The maximum atomic E-state index is 12.1. The van der Waals surface area contributed by atoms with E-state index in [1.807, 2.05) is 0 Å². The molecule has 90 valence electrons. The summed E-state index contributed by atoms with van der Waals surface area (Å²) in [6.07, 6.45) is 11.4. The molecule has 0 amide bonds. The maximum absolute atomic E-state index is 12.1. The number of carbonyl (C=O) groups is 1. The molecule has 0 spiro atoms. The molecule has 0 saturated heterocycles. The Kier molecular flexibility index (Phi) is 4.42. The van der Waals surface area contributed by atoms with E-state index in [2.05, 4.69) is 12.5 Å². The zero-order chi connectivity index (χ0) is 11.5. The van der Waals surface area contributed by atoms with Gasteiger partial charge in [0.1, 0.15) is 0 Å². The van der Waals surface area contributed by atoms with Crippen LogP contribution in [0, 0.1) is 11.8 Å². The Balaban J connectivity index is 2.17. The van der Waals surface area contributed by atoms with Crippen LogP contribution in [0.25, 0.3) is 0 Å². The molecule has 2 fully saturated rings. The monoisotopic (exact) mass is 256 g/mol. The van der Waals surface area contributed by atoms with Gasteiger partial charge in [-0.3, -0.25) is 4.79 Å². The van der Waals surface area contributed by atoms with Crippen LogP contribution in [0.1, 0.15) is 38.5 Å². The summed E-state index contributed by atoms with van der Waals surface area (Å²) >= 11 is 3.48. The summed E-state index contributed by atoms with van der Waals surface area (Å²) in [5, 5.41) is 0. The second-order valence-electron chi connectivity index (χ2n) is 4.81. The smallest absolute Gasteiger partial charge is 0.160 e. The predicted octanol–water partition coefficient (Wildman–Crippen LogP) is 4.09. The molecule has 0 bridgehead atoms. The van der Waals surface area contributed by atoms with E-state index < -0.39 is 0 Å². The second kappa shape index (κ2) is 5.63. The van der Waals surface area contributed by atoms with Crippen LogP contribution in [0.5, 0.6) is 0 Å². The summed E-state index contributed by atoms with van der Waals surface area (Å²) in [6.45, 7) is 0. The molecule has 2 unspecified atom stereocenters. The van der Waals surface area contributed by atoms with Crippen LogP contribution < -0.4 is 0 Å². The van der Waals surface area contributed by atoms with E-state index in [0.717, 1.165) is 24.3 Å². The summed E-state index contributed by atoms with van der Waals surface area (Å²) < 4.78 is 1.26. The summed E-state index contributed by atoms with van der Waals surface area (Å²) in [5.74, 6) is 1.94. The number of allylic oxidation sites excluding steroid dienone is 1. The molecule has 2 aliphatic carbocycles. The molecule has 0 N–H and O–H groups in total. The van der Waals surface area contributed by atoms with Crippen molar-refractivity contribution in [1.29, 1.82) is 0 Å². The zero-order valence-corrected chi connectivity index (χ0v) is 11.8. The Labute approximate surface area is 107 Å². The van der Waals surface area contributed by atoms with Gasteiger partial charge in [0.25, 0.3) is 0 Å². The normalized spacial score (nSPS) is 30.1. The molecule has 1 nitrogen and oxygen atoms in total. The molecule has 3 heteroatoms. The Morgan fingerprint density at radius 3 is 2.19 bits per heavy atom. The highest BCUT2D eigenvalue weighted by molar-refractivity contribution is 8.21. The number of carbonyl (C=O) groups excluding carboxylic acids is 1. The maximum Gasteiger partial charge on any atom is 0.160 e. The first-order valence-electron chi connectivity index (χ1n) is 6.10. The lowest BCUT2D eigenvalue weighted by Gasteiger charge is -2.36. The lowest BCUT2D eigenvalue weighted by molar-refractivity contribution is -0.118. The number of hydrogen-bond acceptors (Lipinski definition) is 3. The van der Waals surface area contributed by atoms with Gasteiger partial charge < -0.3 is 0 Å². The quantitative estimate of drug-likeness (QED) is 0.693. The SMILES string of the molecule is CSC(SC)=C1CC2CCCCC2CC1=O. The average molecular weight is 256 g/mol. The Bertz CT molecular complexity index is 303. The number of Topliss-reactive ketones (excluding diaryl/α,β-unsaturated/α-hetero) is 1. The van der Waals surface area contributed by atoms with Crippen molar-refractivity contribution in [3.63, 3.8) is 0 Å². The van der Waals surface area contributed by atoms with Gasteiger partial charge in [-0.25, -0.2) is 0 Å². The van der Waals surface area contributed by atoms with Crippen molar-refractivity contribution in [2.24, 2.45) is 11.8 Å². The molecule has 2 saturated carbocycles. The second-order valence-corrected chi connectivity index (χ2v) is 6.70. The van der Waals surface area contributed by atoms with Crippen LogP contribution in [0.15, 0.2) is 9.81 Å².